The molecule has 180 valence electrons. The monoisotopic (exact) mass is 475 g/mol. The number of alkyl halides is 3. The van der Waals surface area contributed by atoms with Gasteiger partial charge >= 0.3 is 6.36 Å². The van der Waals surface area contributed by atoms with Gasteiger partial charge in [-0.3, -0.25) is 4.79 Å². The van der Waals surface area contributed by atoms with Gasteiger partial charge in [-0.15, -0.1) is 13.2 Å². The van der Waals surface area contributed by atoms with Gasteiger partial charge < -0.3 is 19.5 Å². The van der Waals surface area contributed by atoms with Gasteiger partial charge in [0.25, 0.3) is 0 Å². The highest BCUT2D eigenvalue weighted by Gasteiger charge is 2.31. The molecule has 7 nitrogen and oxygen atoms in total. The number of nitrogens with one attached hydrogen (secondary N) is 1. The van der Waals surface area contributed by atoms with Crippen LogP contribution in [-0.2, 0) is 23.2 Å². The zero-order valence-electron chi connectivity index (χ0n) is 18.9. The van der Waals surface area contributed by atoms with Crippen molar-refractivity contribution < 1.29 is 32.2 Å². The Morgan fingerprint density at radius 2 is 1.76 bits per heavy atom. The second-order valence-corrected chi connectivity index (χ2v) is 8.87. The molecule has 3 aromatic rings. The zero-order chi connectivity index (χ0) is 24.5. The average molecular weight is 475 g/mol. The predicted octanol–water partition coefficient (Wildman–Crippen LogP) is 4.66. The standard InChI is InChI=1S/C24H24F3N3O4/c1-23(2,3)21-12-17(30(29-21)16-5-7-18(8-6-16)34-24(25,26)27)13-28-22(31)11-15-4-9-19-20(10-15)33-14-32-19/h4-10,12H,11,13-14H2,1-3H3,(H,28,31). The van der Waals surface area contributed by atoms with E-state index >= 15 is 0 Å². The highest BCUT2D eigenvalue weighted by atomic mass is 19.4. The molecule has 2 aromatic carbocycles. The maximum atomic E-state index is 12.6. The van der Waals surface area contributed by atoms with Crippen LogP contribution in [0.4, 0.5) is 13.2 Å². The van der Waals surface area contributed by atoms with Crippen LogP contribution in [0.5, 0.6) is 17.2 Å². The summed E-state index contributed by atoms with van der Waals surface area (Å²) in [7, 11) is 0. The summed E-state index contributed by atoms with van der Waals surface area (Å²) in [6, 6.07) is 12.6. The number of rotatable bonds is 6. The van der Waals surface area contributed by atoms with Gasteiger partial charge in [0, 0.05) is 5.41 Å². The Bertz CT molecular complexity index is 1180. The molecule has 34 heavy (non-hydrogen) atoms. The van der Waals surface area contributed by atoms with Crippen molar-refractivity contribution in [3.05, 3.63) is 65.5 Å². The number of carbonyl (C=O) groups excluding carboxylic acids is 1. The van der Waals surface area contributed by atoms with E-state index in [0.717, 1.165) is 11.3 Å². The topological polar surface area (TPSA) is 74.6 Å². The highest BCUT2D eigenvalue weighted by molar-refractivity contribution is 5.78. The van der Waals surface area contributed by atoms with E-state index in [9.17, 15) is 18.0 Å². The largest absolute Gasteiger partial charge is 0.573 e. The van der Waals surface area contributed by atoms with E-state index in [1.165, 1.54) is 24.3 Å². The van der Waals surface area contributed by atoms with E-state index in [1.54, 1.807) is 22.9 Å². The van der Waals surface area contributed by atoms with Crippen LogP contribution in [0.2, 0.25) is 0 Å². The Hall–Kier alpha value is -3.69. The smallest absolute Gasteiger partial charge is 0.454 e. The van der Waals surface area contributed by atoms with Gasteiger partial charge in [-0.25, -0.2) is 4.68 Å². The third kappa shape index (κ3) is 5.62. The van der Waals surface area contributed by atoms with Crippen LogP contribution >= 0.6 is 0 Å². The molecule has 2 heterocycles. The molecule has 0 radical (unpaired) electrons. The first-order chi connectivity index (χ1) is 16.0. The molecule has 10 heteroatoms. The normalized spacial score (nSPS) is 13.1. The first kappa shape index (κ1) is 23.5. The van der Waals surface area contributed by atoms with Gasteiger partial charge in [0.15, 0.2) is 11.5 Å². The number of carbonyl (C=O) groups is 1. The van der Waals surface area contributed by atoms with Crippen LogP contribution in [0.3, 0.4) is 0 Å². The molecule has 0 unspecified atom stereocenters. The molecule has 1 amide bonds. The zero-order valence-corrected chi connectivity index (χ0v) is 18.9. The third-order valence-corrected chi connectivity index (χ3v) is 5.13. The molecule has 0 atom stereocenters. The van der Waals surface area contributed by atoms with Crippen LogP contribution in [0.1, 0.15) is 37.7 Å². The molecule has 0 aliphatic carbocycles. The summed E-state index contributed by atoms with van der Waals surface area (Å²) in [6.45, 7) is 6.35. The lowest BCUT2D eigenvalue weighted by molar-refractivity contribution is -0.274. The van der Waals surface area contributed by atoms with Gasteiger partial charge in [0.1, 0.15) is 5.75 Å². The second kappa shape index (κ2) is 8.92. The molecule has 1 aliphatic rings. The number of halogens is 3. The van der Waals surface area contributed by atoms with E-state index in [4.69, 9.17) is 9.47 Å². The molecule has 4 rings (SSSR count). The van der Waals surface area contributed by atoms with E-state index in [0.29, 0.717) is 22.9 Å². The Kier molecular flexibility index (Phi) is 6.16. The summed E-state index contributed by atoms with van der Waals surface area (Å²) in [5.74, 6) is 0.737. The number of aromatic nitrogens is 2. The number of hydrogen-bond acceptors (Lipinski definition) is 5. The number of nitrogens with zero attached hydrogens (tertiary/aromatic N) is 2. The summed E-state index contributed by atoms with van der Waals surface area (Å²) in [5, 5.41) is 7.52. The maximum absolute atomic E-state index is 12.6. The minimum Gasteiger partial charge on any atom is -0.454 e. The van der Waals surface area contributed by atoms with Crippen LogP contribution in [0.15, 0.2) is 48.5 Å². The van der Waals surface area contributed by atoms with Gasteiger partial charge in [0.2, 0.25) is 12.7 Å². The van der Waals surface area contributed by atoms with E-state index in [2.05, 4.69) is 15.2 Å². The number of benzene rings is 2. The van der Waals surface area contributed by atoms with Crippen molar-refractivity contribution in [1.29, 1.82) is 0 Å². The lowest BCUT2D eigenvalue weighted by Crippen LogP contribution is -2.25. The number of amides is 1. The summed E-state index contributed by atoms with van der Waals surface area (Å²) in [5.41, 5.74) is 2.53. The van der Waals surface area contributed by atoms with Crippen LogP contribution in [-0.4, -0.2) is 28.8 Å². The maximum Gasteiger partial charge on any atom is 0.573 e. The van der Waals surface area contributed by atoms with Crippen molar-refractivity contribution in [2.75, 3.05) is 6.79 Å². The lowest BCUT2D eigenvalue weighted by Gasteiger charge is -2.14. The number of ether oxygens (including phenoxy) is 3. The molecule has 0 bridgehead atoms. The second-order valence-electron chi connectivity index (χ2n) is 8.87. The highest BCUT2D eigenvalue weighted by Crippen LogP contribution is 2.32. The predicted molar refractivity (Wildman–Crippen MR) is 117 cm³/mol. The van der Waals surface area contributed by atoms with E-state index < -0.39 is 6.36 Å². The average Bonchev–Trinajstić information content (AvgIpc) is 3.38. The fraction of sp³-hybridized carbons (Fsp3) is 0.333. The first-order valence-corrected chi connectivity index (χ1v) is 10.6. The van der Waals surface area contributed by atoms with E-state index in [-0.39, 0.29) is 36.8 Å². The molecular weight excluding hydrogens is 451 g/mol. The fourth-order valence-electron chi connectivity index (χ4n) is 3.41. The van der Waals surface area contributed by atoms with Crippen molar-refractivity contribution in [3.63, 3.8) is 0 Å². The van der Waals surface area contributed by atoms with Crippen LogP contribution in [0, 0.1) is 0 Å². The molecule has 1 N–H and O–H groups in total. The fourth-order valence-corrected chi connectivity index (χ4v) is 3.41. The van der Waals surface area contributed by atoms with Gasteiger partial charge in [-0.2, -0.15) is 5.10 Å². The Morgan fingerprint density at radius 1 is 1.06 bits per heavy atom. The molecule has 0 saturated heterocycles. The van der Waals surface area contributed by atoms with Crippen molar-refractivity contribution in [2.45, 2.75) is 45.5 Å². The molecule has 1 aromatic heterocycles. The van der Waals surface area contributed by atoms with Crippen molar-refractivity contribution >= 4 is 5.91 Å². The van der Waals surface area contributed by atoms with E-state index in [1.807, 2.05) is 26.8 Å². The summed E-state index contributed by atoms with van der Waals surface area (Å²) < 4.78 is 53.6. The molecule has 0 saturated carbocycles. The quantitative estimate of drug-likeness (QED) is 0.562. The Balaban J connectivity index is 1.49. The van der Waals surface area contributed by atoms with Gasteiger partial charge in [0.05, 0.1) is 30.0 Å². The third-order valence-electron chi connectivity index (χ3n) is 5.13. The van der Waals surface area contributed by atoms with Gasteiger partial charge in [-0.05, 0) is 48.0 Å². The lowest BCUT2D eigenvalue weighted by atomic mass is 9.92. The number of fused-ring (bicyclic) bond motifs is 1. The molecule has 1 aliphatic heterocycles. The van der Waals surface area contributed by atoms with Crippen LogP contribution in [0.25, 0.3) is 5.69 Å². The Labute approximate surface area is 194 Å². The Morgan fingerprint density at radius 3 is 2.44 bits per heavy atom. The summed E-state index contributed by atoms with van der Waals surface area (Å²) >= 11 is 0. The van der Waals surface area contributed by atoms with Crippen molar-refractivity contribution in [1.82, 2.24) is 15.1 Å². The van der Waals surface area contributed by atoms with Crippen molar-refractivity contribution in [3.8, 4) is 22.9 Å². The van der Waals surface area contributed by atoms with Crippen LogP contribution < -0.4 is 19.5 Å². The summed E-state index contributed by atoms with van der Waals surface area (Å²) in [4.78, 5) is 12.6. The summed E-state index contributed by atoms with van der Waals surface area (Å²) in [6.07, 6.45) is -4.61. The molecular formula is C24H24F3N3O4. The molecule has 0 fully saturated rings. The minimum atomic E-state index is -4.76. The van der Waals surface area contributed by atoms with Crippen molar-refractivity contribution in [2.24, 2.45) is 0 Å². The first-order valence-electron chi connectivity index (χ1n) is 10.6. The van der Waals surface area contributed by atoms with Gasteiger partial charge in [-0.1, -0.05) is 26.8 Å². The molecule has 0 spiro atoms. The SMILES string of the molecule is CC(C)(C)c1cc(CNC(=O)Cc2ccc3c(c2)OCO3)n(-c2ccc(OC(F)(F)F)cc2)n1. The minimum absolute atomic E-state index is 0.153. The number of hydrogen-bond donors (Lipinski definition) is 1.